The van der Waals surface area contributed by atoms with Crippen molar-refractivity contribution in [2.75, 3.05) is 13.1 Å². The number of nitrogens with zero attached hydrogens (tertiary/aromatic N) is 2. The van der Waals surface area contributed by atoms with E-state index >= 15 is 0 Å². The van der Waals surface area contributed by atoms with Crippen molar-refractivity contribution in [1.82, 2.24) is 15.6 Å². The molecule has 0 saturated heterocycles. The molecule has 4 nitrogen and oxygen atoms in total. The first-order valence-electron chi connectivity index (χ1n) is 8.74. The van der Waals surface area contributed by atoms with Gasteiger partial charge < -0.3 is 10.6 Å². The second kappa shape index (κ2) is 7.95. The van der Waals surface area contributed by atoms with Crippen molar-refractivity contribution in [3.05, 3.63) is 42.1 Å². The largest absolute Gasteiger partial charge is 0.357 e. The van der Waals surface area contributed by atoms with Gasteiger partial charge in [-0.25, -0.2) is 0 Å². The van der Waals surface area contributed by atoms with Gasteiger partial charge in [0.25, 0.3) is 0 Å². The van der Waals surface area contributed by atoms with Crippen LogP contribution < -0.4 is 10.6 Å². The second-order valence-electron chi connectivity index (χ2n) is 6.13. The molecule has 1 heterocycles. The maximum Gasteiger partial charge on any atom is 0.191 e. The van der Waals surface area contributed by atoms with Crippen molar-refractivity contribution in [2.45, 2.75) is 45.1 Å². The Labute approximate surface area is 138 Å². The summed E-state index contributed by atoms with van der Waals surface area (Å²) >= 11 is 0. The maximum atomic E-state index is 4.75. The number of aromatic nitrogens is 1. The predicted molar refractivity (Wildman–Crippen MR) is 96.8 cm³/mol. The number of aliphatic imine (C=N–C) groups is 1. The lowest BCUT2D eigenvalue weighted by Crippen LogP contribution is -2.42. The van der Waals surface area contributed by atoms with Crippen LogP contribution in [-0.4, -0.2) is 30.1 Å². The highest BCUT2D eigenvalue weighted by Crippen LogP contribution is 2.18. The predicted octanol–water partition coefficient (Wildman–Crippen LogP) is 3.28. The quantitative estimate of drug-likeness (QED) is 0.658. The molecule has 4 heteroatoms. The van der Waals surface area contributed by atoms with Gasteiger partial charge in [0.1, 0.15) is 0 Å². The van der Waals surface area contributed by atoms with Gasteiger partial charge in [-0.3, -0.25) is 9.98 Å². The Morgan fingerprint density at radius 3 is 2.87 bits per heavy atom. The fourth-order valence-electron chi connectivity index (χ4n) is 3.24. The average Bonchev–Trinajstić information content (AvgIpc) is 3.08. The van der Waals surface area contributed by atoms with Crippen LogP contribution in [0.3, 0.4) is 0 Å². The molecule has 0 atom stereocenters. The Bertz CT molecular complexity index is 654. The van der Waals surface area contributed by atoms with Crippen molar-refractivity contribution >= 4 is 16.9 Å². The van der Waals surface area contributed by atoms with E-state index in [2.05, 4.69) is 46.8 Å². The number of benzene rings is 1. The summed E-state index contributed by atoms with van der Waals surface area (Å²) in [6, 6.07) is 11.1. The molecule has 2 N–H and O–H groups in total. The standard InChI is InChI=1S/C19H26N4/c1-2-20-19(23-17-10-3-4-11-17)22-14-12-16-8-5-7-15-9-6-13-21-18(15)16/h5-9,13,17H,2-4,10-12,14H2,1H3,(H2,20,22,23). The highest BCUT2D eigenvalue weighted by molar-refractivity contribution is 5.82. The Kier molecular flexibility index (Phi) is 5.46. The van der Waals surface area contributed by atoms with Gasteiger partial charge in [-0.1, -0.05) is 37.1 Å². The molecule has 0 spiro atoms. The minimum absolute atomic E-state index is 0.590. The Balaban J connectivity index is 1.64. The third-order valence-electron chi connectivity index (χ3n) is 4.41. The molecule has 3 rings (SSSR count). The van der Waals surface area contributed by atoms with E-state index in [1.807, 2.05) is 12.3 Å². The van der Waals surface area contributed by atoms with Gasteiger partial charge in [0, 0.05) is 30.7 Å². The van der Waals surface area contributed by atoms with Crippen molar-refractivity contribution in [3.8, 4) is 0 Å². The normalized spacial score (nSPS) is 16.0. The highest BCUT2D eigenvalue weighted by atomic mass is 15.2. The summed E-state index contributed by atoms with van der Waals surface area (Å²) in [5, 5.41) is 8.12. The summed E-state index contributed by atoms with van der Waals surface area (Å²) in [4.78, 5) is 9.26. The van der Waals surface area contributed by atoms with Gasteiger partial charge in [0.2, 0.25) is 0 Å². The zero-order valence-corrected chi connectivity index (χ0v) is 13.9. The summed E-state index contributed by atoms with van der Waals surface area (Å²) in [5.74, 6) is 0.951. The topological polar surface area (TPSA) is 49.3 Å². The summed E-state index contributed by atoms with van der Waals surface area (Å²) in [6.45, 7) is 3.78. The molecule has 2 aromatic rings. The minimum Gasteiger partial charge on any atom is -0.357 e. The first-order valence-corrected chi connectivity index (χ1v) is 8.74. The summed E-state index contributed by atoms with van der Waals surface area (Å²) in [5.41, 5.74) is 2.36. The van der Waals surface area contributed by atoms with E-state index in [1.54, 1.807) is 0 Å². The highest BCUT2D eigenvalue weighted by Gasteiger charge is 2.15. The molecule has 1 aliphatic rings. The third kappa shape index (κ3) is 4.21. The summed E-state index contributed by atoms with van der Waals surface area (Å²) < 4.78 is 0. The van der Waals surface area contributed by atoms with Gasteiger partial charge in [-0.05, 0) is 37.8 Å². The van der Waals surface area contributed by atoms with Gasteiger partial charge in [-0.15, -0.1) is 0 Å². The number of pyridine rings is 1. The van der Waals surface area contributed by atoms with E-state index in [9.17, 15) is 0 Å². The van der Waals surface area contributed by atoms with E-state index in [0.29, 0.717) is 6.04 Å². The minimum atomic E-state index is 0.590. The Morgan fingerprint density at radius 1 is 1.22 bits per heavy atom. The number of fused-ring (bicyclic) bond motifs is 1. The molecule has 0 unspecified atom stereocenters. The van der Waals surface area contributed by atoms with Crippen LogP contribution in [0.1, 0.15) is 38.2 Å². The smallest absolute Gasteiger partial charge is 0.191 e. The van der Waals surface area contributed by atoms with E-state index in [4.69, 9.17) is 4.99 Å². The lowest BCUT2D eigenvalue weighted by Gasteiger charge is -2.16. The molecule has 1 aliphatic carbocycles. The number of hydrogen-bond acceptors (Lipinski definition) is 2. The van der Waals surface area contributed by atoms with Crippen molar-refractivity contribution in [3.63, 3.8) is 0 Å². The molecular formula is C19H26N4. The molecule has 1 saturated carbocycles. The lowest BCUT2D eigenvalue weighted by atomic mass is 10.1. The molecule has 23 heavy (non-hydrogen) atoms. The first kappa shape index (κ1) is 15.8. The fraction of sp³-hybridized carbons (Fsp3) is 0.474. The van der Waals surface area contributed by atoms with Gasteiger partial charge in [0.05, 0.1) is 5.52 Å². The average molecular weight is 310 g/mol. The summed E-state index contributed by atoms with van der Waals surface area (Å²) in [7, 11) is 0. The van der Waals surface area contributed by atoms with Crippen molar-refractivity contribution in [1.29, 1.82) is 0 Å². The molecule has 0 amide bonds. The van der Waals surface area contributed by atoms with Crippen LogP contribution in [0.15, 0.2) is 41.5 Å². The Morgan fingerprint density at radius 2 is 2.04 bits per heavy atom. The van der Waals surface area contributed by atoms with Crippen LogP contribution in [0.4, 0.5) is 0 Å². The van der Waals surface area contributed by atoms with E-state index in [1.165, 1.54) is 36.6 Å². The summed E-state index contributed by atoms with van der Waals surface area (Å²) in [6.07, 6.45) is 7.96. The molecule has 0 bridgehead atoms. The van der Waals surface area contributed by atoms with Gasteiger partial charge in [0.15, 0.2) is 5.96 Å². The van der Waals surface area contributed by atoms with Crippen LogP contribution in [0, 0.1) is 0 Å². The zero-order chi connectivity index (χ0) is 15.9. The van der Waals surface area contributed by atoms with E-state index < -0.39 is 0 Å². The van der Waals surface area contributed by atoms with Crippen LogP contribution in [0.2, 0.25) is 0 Å². The van der Waals surface area contributed by atoms with Crippen molar-refractivity contribution < 1.29 is 0 Å². The maximum absolute atomic E-state index is 4.75. The molecule has 1 aromatic heterocycles. The molecular weight excluding hydrogens is 284 g/mol. The van der Waals surface area contributed by atoms with Crippen LogP contribution in [-0.2, 0) is 6.42 Å². The molecule has 1 aromatic carbocycles. The van der Waals surface area contributed by atoms with Crippen LogP contribution in [0.5, 0.6) is 0 Å². The fourth-order valence-corrected chi connectivity index (χ4v) is 3.24. The second-order valence-corrected chi connectivity index (χ2v) is 6.13. The van der Waals surface area contributed by atoms with Crippen molar-refractivity contribution in [2.24, 2.45) is 4.99 Å². The molecule has 0 radical (unpaired) electrons. The molecule has 0 aliphatic heterocycles. The number of rotatable bonds is 5. The monoisotopic (exact) mass is 310 g/mol. The SMILES string of the molecule is CCNC(=NCCc1cccc2cccnc12)NC1CCCC1. The molecule has 122 valence electrons. The van der Waals surface area contributed by atoms with Crippen LogP contribution in [0.25, 0.3) is 10.9 Å². The van der Waals surface area contributed by atoms with Crippen LogP contribution >= 0.6 is 0 Å². The lowest BCUT2D eigenvalue weighted by molar-refractivity contribution is 0.614. The first-order chi connectivity index (χ1) is 11.4. The third-order valence-corrected chi connectivity index (χ3v) is 4.41. The van der Waals surface area contributed by atoms with E-state index in [0.717, 1.165) is 31.0 Å². The molecule has 1 fully saturated rings. The zero-order valence-electron chi connectivity index (χ0n) is 13.9. The number of nitrogens with one attached hydrogen (secondary N) is 2. The van der Waals surface area contributed by atoms with E-state index in [-0.39, 0.29) is 0 Å². The number of para-hydroxylation sites is 1. The Hall–Kier alpha value is -2.10. The number of guanidine groups is 1. The number of hydrogen-bond donors (Lipinski definition) is 2. The van der Waals surface area contributed by atoms with Gasteiger partial charge in [-0.2, -0.15) is 0 Å². The van der Waals surface area contributed by atoms with Gasteiger partial charge >= 0.3 is 0 Å².